The Balaban J connectivity index is 2.26. The average molecular weight is 325 g/mol. The van der Waals surface area contributed by atoms with Crippen LogP contribution < -0.4 is 5.09 Å². The van der Waals surface area contributed by atoms with Crippen LogP contribution >= 0.6 is 18.9 Å². The lowest BCUT2D eigenvalue weighted by atomic mass is 10.2. The molecule has 112 valence electrons. The van der Waals surface area contributed by atoms with Crippen LogP contribution in [0.1, 0.15) is 22.2 Å². The Morgan fingerprint density at radius 2 is 2.14 bits per heavy atom. The van der Waals surface area contributed by atoms with Gasteiger partial charge in [0.1, 0.15) is 6.29 Å². The molecule has 0 amide bonds. The topological polar surface area (TPSA) is 72.5 Å². The smallest absolute Gasteiger partial charge is 0.274 e. The van der Waals surface area contributed by atoms with Gasteiger partial charge in [0.05, 0.1) is 17.1 Å². The summed E-state index contributed by atoms with van der Waals surface area (Å²) in [5.41, 5.74) is 0.827. The van der Waals surface area contributed by atoms with E-state index in [2.05, 4.69) is 5.09 Å². The quantitative estimate of drug-likeness (QED) is 0.625. The summed E-state index contributed by atoms with van der Waals surface area (Å²) in [6, 6.07) is 6.90. The third-order valence-corrected chi connectivity index (χ3v) is 6.22. The van der Waals surface area contributed by atoms with Crippen LogP contribution in [0.25, 0.3) is 10.1 Å². The highest BCUT2D eigenvalue weighted by Crippen LogP contribution is 2.46. The summed E-state index contributed by atoms with van der Waals surface area (Å²) >= 11 is 1.41. The van der Waals surface area contributed by atoms with E-state index < -0.39 is 13.6 Å². The van der Waals surface area contributed by atoms with Gasteiger partial charge >= 0.3 is 0 Å². The molecule has 2 unspecified atom stereocenters. The first-order valence-electron chi connectivity index (χ1n) is 6.35. The maximum Gasteiger partial charge on any atom is 0.274 e. The lowest BCUT2D eigenvalue weighted by Gasteiger charge is -2.19. The first-order valence-corrected chi connectivity index (χ1v) is 8.98. The van der Waals surface area contributed by atoms with Crippen LogP contribution in [-0.2, 0) is 20.0 Å². The van der Waals surface area contributed by atoms with Gasteiger partial charge in [-0.2, -0.15) is 0 Å². The summed E-state index contributed by atoms with van der Waals surface area (Å²) in [6.07, 6.45) is 1.69. The number of thiophene rings is 1. The van der Waals surface area contributed by atoms with Gasteiger partial charge in [0.15, 0.2) is 6.29 Å². The minimum atomic E-state index is -3.12. The van der Waals surface area contributed by atoms with Crippen LogP contribution in [0.4, 0.5) is 0 Å². The van der Waals surface area contributed by atoms with Crippen molar-refractivity contribution in [3.63, 3.8) is 0 Å². The normalized spacial score (nSPS) is 15.5. The van der Waals surface area contributed by atoms with Crippen LogP contribution in [0.5, 0.6) is 0 Å². The Hall–Kier alpha value is -1.33. The van der Waals surface area contributed by atoms with Crippen molar-refractivity contribution in [3.8, 4) is 0 Å². The van der Waals surface area contributed by atoms with E-state index in [1.54, 1.807) is 13.0 Å². The van der Waals surface area contributed by atoms with Gasteiger partial charge in [-0.3, -0.25) is 9.36 Å². The van der Waals surface area contributed by atoms with Crippen molar-refractivity contribution in [1.29, 1.82) is 0 Å². The third-order valence-electron chi connectivity index (χ3n) is 3.01. The van der Waals surface area contributed by atoms with Gasteiger partial charge in [-0.15, -0.1) is 11.3 Å². The first kappa shape index (κ1) is 16.0. The van der Waals surface area contributed by atoms with Crippen molar-refractivity contribution in [2.75, 3.05) is 7.11 Å². The van der Waals surface area contributed by atoms with E-state index in [0.717, 1.165) is 21.9 Å². The number of hydrogen-bond donors (Lipinski definition) is 1. The van der Waals surface area contributed by atoms with Crippen molar-refractivity contribution < 1.29 is 18.7 Å². The molecule has 0 aliphatic carbocycles. The minimum Gasteiger partial charge on any atom is -0.321 e. The molecule has 2 aromatic rings. The molecule has 0 radical (unpaired) electrons. The number of nitrogens with one attached hydrogen (secondary N) is 1. The minimum absolute atomic E-state index is 0.184. The Morgan fingerprint density at radius 3 is 2.76 bits per heavy atom. The van der Waals surface area contributed by atoms with Crippen LogP contribution in [0.15, 0.2) is 24.3 Å². The zero-order valence-corrected chi connectivity index (χ0v) is 13.4. The fourth-order valence-corrected chi connectivity index (χ4v) is 4.56. The summed E-state index contributed by atoms with van der Waals surface area (Å²) in [4.78, 5) is 22.1. The van der Waals surface area contributed by atoms with Crippen LogP contribution in [0.2, 0.25) is 0 Å². The second kappa shape index (κ2) is 6.62. The Labute approximate surface area is 126 Å². The summed E-state index contributed by atoms with van der Waals surface area (Å²) in [5.74, 6) is 0. The Bertz CT molecular complexity index is 712. The molecule has 0 bridgehead atoms. The zero-order valence-electron chi connectivity index (χ0n) is 11.7. The summed E-state index contributed by atoms with van der Waals surface area (Å²) in [7, 11) is -1.76. The van der Waals surface area contributed by atoms with Crippen molar-refractivity contribution in [3.05, 3.63) is 34.7 Å². The lowest BCUT2D eigenvalue weighted by molar-refractivity contribution is -0.108. The molecule has 2 rings (SSSR count). The molecule has 1 aromatic carbocycles. The molecule has 21 heavy (non-hydrogen) atoms. The van der Waals surface area contributed by atoms with E-state index in [0.29, 0.717) is 11.2 Å². The molecule has 5 nitrogen and oxygen atoms in total. The Kier molecular flexibility index (Phi) is 5.06. The maximum absolute atomic E-state index is 12.6. The predicted octanol–water partition coefficient (Wildman–Crippen LogP) is 3.23. The van der Waals surface area contributed by atoms with Crippen molar-refractivity contribution in [1.82, 2.24) is 5.09 Å². The zero-order chi connectivity index (χ0) is 15.5. The molecular weight excluding hydrogens is 309 g/mol. The van der Waals surface area contributed by atoms with E-state index >= 15 is 0 Å². The SMILES string of the molecule is COP(=O)(Cc1ccc2sc(C=O)cc2c1)NC(C)C=O. The van der Waals surface area contributed by atoms with E-state index in [9.17, 15) is 14.2 Å². The van der Waals surface area contributed by atoms with Gasteiger partial charge in [-0.1, -0.05) is 6.07 Å². The van der Waals surface area contributed by atoms with Crippen LogP contribution in [0.3, 0.4) is 0 Å². The molecule has 1 N–H and O–H groups in total. The highest BCUT2D eigenvalue weighted by Gasteiger charge is 2.24. The van der Waals surface area contributed by atoms with Gasteiger partial charge in [0, 0.05) is 11.8 Å². The number of benzene rings is 1. The lowest BCUT2D eigenvalue weighted by Crippen LogP contribution is -2.25. The van der Waals surface area contributed by atoms with Crippen molar-refractivity contribution in [2.45, 2.75) is 19.1 Å². The first-order chi connectivity index (χ1) is 9.99. The molecule has 2 atom stereocenters. The standard InChI is InChI=1S/C14H16NO4PS/c1-10(7-16)15-20(18,19-2)9-11-3-4-14-12(5-11)6-13(8-17)21-14/h3-8,10H,9H2,1-2H3,(H,15,18). The number of carbonyl (C=O) groups excluding carboxylic acids is 2. The van der Waals surface area contributed by atoms with Gasteiger partial charge < -0.3 is 9.32 Å². The average Bonchev–Trinajstić information content (AvgIpc) is 2.89. The van der Waals surface area contributed by atoms with E-state index in [-0.39, 0.29) is 6.16 Å². The van der Waals surface area contributed by atoms with Gasteiger partial charge in [-0.25, -0.2) is 5.09 Å². The van der Waals surface area contributed by atoms with E-state index in [4.69, 9.17) is 4.52 Å². The van der Waals surface area contributed by atoms with Crippen molar-refractivity contribution >= 4 is 41.5 Å². The van der Waals surface area contributed by atoms with Crippen molar-refractivity contribution in [2.24, 2.45) is 0 Å². The molecular formula is C14H16NO4PS. The van der Waals surface area contributed by atoms with Gasteiger partial charge in [-0.05, 0) is 36.1 Å². The molecule has 1 aromatic heterocycles. The molecule has 0 aliphatic rings. The van der Waals surface area contributed by atoms with E-state index in [1.165, 1.54) is 18.4 Å². The fourth-order valence-electron chi connectivity index (χ4n) is 2.01. The monoisotopic (exact) mass is 325 g/mol. The van der Waals surface area contributed by atoms with Crippen LogP contribution in [-0.4, -0.2) is 25.7 Å². The number of carbonyl (C=O) groups is 2. The molecule has 0 saturated carbocycles. The largest absolute Gasteiger partial charge is 0.321 e. The Morgan fingerprint density at radius 1 is 1.38 bits per heavy atom. The highest BCUT2D eigenvalue weighted by molar-refractivity contribution is 7.56. The number of rotatable bonds is 7. The van der Waals surface area contributed by atoms with Gasteiger partial charge in [0.2, 0.25) is 0 Å². The highest BCUT2D eigenvalue weighted by atomic mass is 32.1. The van der Waals surface area contributed by atoms with Crippen LogP contribution in [0, 0.1) is 0 Å². The molecule has 0 spiro atoms. The number of hydrogen-bond acceptors (Lipinski definition) is 5. The number of aldehydes is 2. The summed E-state index contributed by atoms with van der Waals surface area (Å²) < 4.78 is 18.7. The second-order valence-electron chi connectivity index (χ2n) is 4.71. The predicted molar refractivity (Wildman–Crippen MR) is 84.2 cm³/mol. The number of fused-ring (bicyclic) bond motifs is 1. The van der Waals surface area contributed by atoms with Gasteiger partial charge in [0.25, 0.3) is 7.52 Å². The third kappa shape index (κ3) is 3.86. The molecule has 7 heteroatoms. The summed E-state index contributed by atoms with van der Waals surface area (Å²) in [6.45, 7) is 1.62. The summed E-state index contributed by atoms with van der Waals surface area (Å²) in [5, 5.41) is 3.65. The van der Waals surface area contributed by atoms with E-state index in [1.807, 2.05) is 18.2 Å². The molecule has 0 saturated heterocycles. The second-order valence-corrected chi connectivity index (χ2v) is 8.11. The molecule has 0 fully saturated rings. The maximum atomic E-state index is 12.6. The molecule has 0 aliphatic heterocycles. The molecule has 1 heterocycles. The fraction of sp³-hybridized carbons (Fsp3) is 0.286.